The number of carbonyl (C=O) groups excluding carboxylic acids is 2. The molecule has 0 saturated carbocycles. The molecule has 0 radical (unpaired) electrons. The van der Waals surface area contributed by atoms with Gasteiger partial charge in [0.2, 0.25) is 11.8 Å². The molecule has 1 unspecified atom stereocenters. The Morgan fingerprint density at radius 3 is 2.11 bits per heavy atom. The normalized spacial score (nSPS) is 12.3. The first-order chi connectivity index (χ1) is 21.2. The Hall–Kier alpha value is -3.85. The number of hydrogen-bond donors (Lipinski definition) is 1. The van der Waals surface area contributed by atoms with E-state index in [1.807, 2.05) is 58.0 Å². The van der Waals surface area contributed by atoms with Crippen LogP contribution in [-0.4, -0.2) is 43.3 Å². The molecule has 1 N–H and O–H groups in total. The summed E-state index contributed by atoms with van der Waals surface area (Å²) in [6.07, 6.45) is 0.195. The molecular weight excluding hydrogens is 629 g/mol. The Morgan fingerprint density at radius 2 is 1.49 bits per heavy atom. The molecule has 4 rings (SSSR count). The van der Waals surface area contributed by atoms with Crippen molar-refractivity contribution in [3.63, 3.8) is 0 Å². The molecule has 236 valence electrons. The lowest BCUT2D eigenvalue weighted by atomic mass is 10.0. The van der Waals surface area contributed by atoms with E-state index in [0.29, 0.717) is 15.6 Å². The highest BCUT2D eigenvalue weighted by Crippen LogP contribution is 2.28. The van der Waals surface area contributed by atoms with Gasteiger partial charge in [0.05, 0.1) is 10.6 Å². The summed E-state index contributed by atoms with van der Waals surface area (Å²) in [6.45, 7) is 6.83. The number of benzene rings is 4. The van der Waals surface area contributed by atoms with Crippen molar-refractivity contribution in [2.75, 3.05) is 10.8 Å². The van der Waals surface area contributed by atoms with E-state index in [4.69, 9.17) is 23.2 Å². The number of sulfonamides is 1. The maximum absolute atomic E-state index is 14.5. The lowest BCUT2D eigenvalue weighted by Gasteiger charge is -2.35. The molecule has 0 aliphatic heterocycles. The zero-order valence-corrected chi connectivity index (χ0v) is 28.0. The summed E-state index contributed by atoms with van der Waals surface area (Å²) in [5.41, 5.74) is 1.96. The number of aryl methyl sites for hydroxylation is 1. The first kappa shape index (κ1) is 34.0. The minimum atomic E-state index is -4.23. The number of nitrogens with one attached hydrogen (secondary N) is 1. The maximum Gasteiger partial charge on any atom is 0.264 e. The third kappa shape index (κ3) is 9.10. The molecule has 4 aromatic rings. The molecule has 0 bridgehead atoms. The molecule has 0 aliphatic rings. The van der Waals surface area contributed by atoms with Crippen molar-refractivity contribution in [1.82, 2.24) is 10.2 Å². The molecule has 4 aromatic carbocycles. The van der Waals surface area contributed by atoms with Crippen molar-refractivity contribution < 1.29 is 18.0 Å². The molecular formula is C35H37Cl2N3O4S. The molecule has 7 nitrogen and oxygen atoms in total. The molecule has 0 heterocycles. The Kier molecular flexibility index (Phi) is 11.0. The predicted octanol–water partition coefficient (Wildman–Crippen LogP) is 7.05. The van der Waals surface area contributed by atoms with Gasteiger partial charge in [-0.1, -0.05) is 95.5 Å². The van der Waals surface area contributed by atoms with Crippen LogP contribution in [0.5, 0.6) is 0 Å². The van der Waals surface area contributed by atoms with Crippen molar-refractivity contribution >= 4 is 50.7 Å². The van der Waals surface area contributed by atoms with Crippen LogP contribution in [0.15, 0.2) is 108 Å². The minimum absolute atomic E-state index is 0.0184. The zero-order valence-electron chi connectivity index (χ0n) is 25.7. The summed E-state index contributed by atoms with van der Waals surface area (Å²) < 4.78 is 29.3. The van der Waals surface area contributed by atoms with Crippen LogP contribution in [0.25, 0.3) is 0 Å². The van der Waals surface area contributed by atoms with E-state index >= 15 is 0 Å². The fraction of sp³-hybridized carbons (Fsp3) is 0.257. The number of halogens is 2. The first-order valence-electron chi connectivity index (χ1n) is 14.5. The second kappa shape index (κ2) is 14.5. The van der Waals surface area contributed by atoms with Gasteiger partial charge in [0, 0.05) is 28.5 Å². The van der Waals surface area contributed by atoms with E-state index in [1.165, 1.54) is 23.1 Å². The second-order valence-electron chi connectivity index (χ2n) is 11.9. The van der Waals surface area contributed by atoms with Crippen molar-refractivity contribution in [2.24, 2.45) is 0 Å². The molecule has 0 spiro atoms. The van der Waals surface area contributed by atoms with E-state index in [0.717, 1.165) is 15.4 Å². The van der Waals surface area contributed by atoms with Gasteiger partial charge in [-0.15, -0.1) is 0 Å². The summed E-state index contributed by atoms with van der Waals surface area (Å²) in [5, 5.41) is 3.74. The van der Waals surface area contributed by atoms with Gasteiger partial charge in [-0.05, 0) is 75.2 Å². The van der Waals surface area contributed by atoms with Gasteiger partial charge in [0.25, 0.3) is 10.0 Å². The minimum Gasteiger partial charge on any atom is -0.350 e. The molecule has 0 aliphatic carbocycles. The van der Waals surface area contributed by atoms with Gasteiger partial charge < -0.3 is 10.2 Å². The van der Waals surface area contributed by atoms with Crippen LogP contribution in [0.1, 0.15) is 37.5 Å². The van der Waals surface area contributed by atoms with E-state index < -0.39 is 34.1 Å². The highest BCUT2D eigenvalue weighted by Gasteiger charge is 2.36. The van der Waals surface area contributed by atoms with Crippen LogP contribution in [-0.2, 0) is 32.6 Å². The van der Waals surface area contributed by atoms with Crippen molar-refractivity contribution in [2.45, 2.75) is 57.1 Å². The topological polar surface area (TPSA) is 86.8 Å². The molecule has 0 saturated heterocycles. The SMILES string of the molecule is Cc1ccc(S(=O)(=O)N(CC(=O)N(Cc2ccccc2Cl)C(Cc2ccccc2)C(=O)NC(C)(C)C)c2cccc(Cl)c2)cc1. The van der Waals surface area contributed by atoms with Crippen molar-refractivity contribution in [1.29, 1.82) is 0 Å². The molecule has 10 heteroatoms. The highest BCUT2D eigenvalue weighted by molar-refractivity contribution is 7.92. The van der Waals surface area contributed by atoms with Gasteiger partial charge in [-0.2, -0.15) is 0 Å². The Labute approximate surface area is 275 Å². The summed E-state index contributed by atoms with van der Waals surface area (Å²) in [4.78, 5) is 29.9. The number of nitrogens with zero attached hydrogens (tertiary/aromatic N) is 2. The second-order valence-corrected chi connectivity index (χ2v) is 14.6. The average Bonchev–Trinajstić information content (AvgIpc) is 2.98. The number of amides is 2. The molecule has 0 fully saturated rings. The Balaban J connectivity index is 1.83. The number of hydrogen-bond acceptors (Lipinski definition) is 4. The van der Waals surface area contributed by atoms with E-state index in [-0.39, 0.29) is 29.5 Å². The number of carbonyl (C=O) groups is 2. The van der Waals surface area contributed by atoms with E-state index in [9.17, 15) is 18.0 Å². The van der Waals surface area contributed by atoms with Crippen molar-refractivity contribution in [3.05, 3.63) is 130 Å². The standard InChI is InChI=1S/C35H37Cl2N3O4S/c1-25-17-19-30(20-18-25)45(43,44)40(29-15-10-14-28(36)22-29)24-33(41)39(23-27-13-8-9-16-31(27)37)32(34(42)38-35(2,3)4)21-26-11-6-5-7-12-26/h5-20,22,32H,21,23-24H2,1-4H3,(H,38,42). The quantitative estimate of drug-likeness (QED) is 0.186. The average molecular weight is 667 g/mol. The van der Waals surface area contributed by atoms with Crippen LogP contribution in [0.2, 0.25) is 10.0 Å². The van der Waals surface area contributed by atoms with Crippen LogP contribution >= 0.6 is 23.2 Å². The third-order valence-electron chi connectivity index (χ3n) is 7.05. The molecule has 2 amide bonds. The summed E-state index contributed by atoms with van der Waals surface area (Å²) in [5.74, 6) is -0.960. The van der Waals surface area contributed by atoms with E-state index in [1.54, 1.807) is 54.6 Å². The van der Waals surface area contributed by atoms with Gasteiger partial charge in [0.1, 0.15) is 12.6 Å². The van der Waals surface area contributed by atoms with Crippen LogP contribution in [0.3, 0.4) is 0 Å². The lowest BCUT2D eigenvalue weighted by molar-refractivity contribution is -0.140. The number of anilines is 1. The summed E-state index contributed by atoms with van der Waals surface area (Å²) >= 11 is 12.8. The van der Waals surface area contributed by atoms with Crippen molar-refractivity contribution in [3.8, 4) is 0 Å². The van der Waals surface area contributed by atoms with Crippen LogP contribution < -0.4 is 9.62 Å². The van der Waals surface area contributed by atoms with Gasteiger partial charge in [0.15, 0.2) is 0 Å². The van der Waals surface area contributed by atoms with Gasteiger partial charge in [-0.3, -0.25) is 13.9 Å². The molecule has 1 atom stereocenters. The zero-order chi connectivity index (χ0) is 32.8. The maximum atomic E-state index is 14.5. The molecule has 45 heavy (non-hydrogen) atoms. The van der Waals surface area contributed by atoms with Gasteiger partial charge >= 0.3 is 0 Å². The van der Waals surface area contributed by atoms with Gasteiger partial charge in [-0.25, -0.2) is 8.42 Å². The summed E-state index contributed by atoms with van der Waals surface area (Å²) in [6, 6.07) is 28.2. The Morgan fingerprint density at radius 1 is 0.844 bits per heavy atom. The monoisotopic (exact) mass is 665 g/mol. The fourth-order valence-electron chi connectivity index (χ4n) is 4.81. The summed E-state index contributed by atoms with van der Waals surface area (Å²) in [7, 11) is -4.23. The first-order valence-corrected chi connectivity index (χ1v) is 16.7. The fourth-order valence-corrected chi connectivity index (χ4v) is 6.60. The molecule has 0 aromatic heterocycles. The lowest BCUT2D eigenvalue weighted by Crippen LogP contribution is -2.56. The largest absolute Gasteiger partial charge is 0.350 e. The predicted molar refractivity (Wildman–Crippen MR) is 181 cm³/mol. The Bertz CT molecular complexity index is 1740. The van der Waals surface area contributed by atoms with Crippen LogP contribution in [0, 0.1) is 6.92 Å². The van der Waals surface area contributed by atoms with E-state index in [2.05, 4.69) is 5.32 Å². The van der Waals surface area contributed by atoms with Crippen LogP contribution in [0.4, 0.5) is 5.69 Å². The third-order valence-corrected chi connectivity index (χ3v) is 9.44. The smallest absolute Gasteiger partial charge is 0.264 e. The number of rotatable bonds is 11. The highest BCUT2D eigenvalue weighted by atomic mass is 35.5.